The molecule has 0 spiro atoms. The molecule has 0 fully saturated rings. The number of hydrogen-bond acceptors (Lipinski definition) is 3. The second kappa shape index (κ2) is 5.92. The first-order valence-electron chi connectivity index (χ1n) is 8.65. The molecule has 0 aromatic heterocycles. The lowest BCUT2D eigenvalue weighted by Crippen LogP contribution is -2.10. The molecule has 2 N–H and O–H groups in total. The number of carbonyl (C=O) groups excluding carboxylic acids is 1. The van der Waals surface area contributed by atoms with Crippen molar-refractivity contribution in [3.8, 4) is 0 Å². The van der Waals surface area contributed by atoms with E-state index in [4.69, 9.17) is 10.5 Å². The number of benzene rings is 3. The van der Waals surface area contributed by atoms with Crippen LogP contribution < -0.4 is 5.73 Å². The van der Waals surface area contributed by atoms with Crippen molar-refractivity contribution in [3.63, 3.8) is 0 Å². The van der Waals surface area contributed by atoms with E-state index in [-0.39, 0.29) is 12.1 Å². The Kier molecular flexibility index (Phi) is 3.72. The molecular weight excluding hydrogens is 310 g/mol. The Morgan fingerprint density at radius 2 is 1.84 bits per heavy atom. The van der Waals surface area contributed by atoms with Crippen molar-refractivity contribution in [2.45, 2.75) is 32.8 Å². The fourth-order valence-corrected chi connectivity index (χ4v) is 3.68. The van der Waals surface area contributed by atoms with Crippen molar-refractivity contribution in [1.82, 2.24) is 0 Å². The largest absolute Gasteiger partial charge is 0.454 e. The number of carbonyl (C=O) groups is 1. The maximum atomic E-state index is 12.5. The van der Waals surface area contributed by atoms with Gasteiger partial charge in [-0.2, -0.15) is 0 Å². The third-order valence-electron chi connectivity index (χ3n) is 5.15. The van der Waals surface area contributed by atoms with Crippen LogP contribution in [0.5, 0.6) is 0 Å². The van der Waals surface area contributed by atoms with Crippen molar-refractivity contribution >= 4 is 22.4 Å². The van der Waals surface area contributed by atoms with Gasteiger partial charge >= 0.3 is 5.97 Å². The summed E-state index contributed by atoms with van der Waals surface area (Å²) in [6.45, 7) is 3.84. The van der Waals surface area contributed by atoms with Crippen LogP contribution in [0.2, 0.25) is 0 Å². The van der Waals surface area contributed by atoms with Crippen LogP contribution in [0.25, 0.3) is 10.8 Å². The molecule has 3 heteroatoms. The second-order valence-electron chi connectivity index (χ2n) is 6.77. The Bertz CT molecular complexity index is 980. The highest BCUT2D eigenvalue weighted by molar-refractivity contribution is 5.94. The number of nitrogens with two attached hydrogens (primary N) is 1. The summed E-state index contributed by atoms with van der Waals surface area (Å²) < 4.78 is 5.73. The maximum absolute atomic E-state index is 12.5. The van der Waals surface area contributed by atoms with Crippen LogP contribution in [0, 0.1) is 6.92 Å². The van der Waals surface area contributed by atoms with Gasteiger partial charge in [0.1, 0.15) is 6.10 Å². The van der Waals surface area contributed by atoms with Gasteiger partial charge in [-0.15, -0.1) is 0 Å². The van der Waals surface area contributed by atoms with Gasteiger partial charge in [0.25, 0.3) is 0 Å². The van der Waals surface area contributed by atoms with Crippen LogP contribution in [0.4, 0.5) is 5.69 Å². The molecule has 25 heavy (non-hydrogen) atoms. The summed E-state index contributed by atoms with van der Waals surface area (Å²) in [5.74, 6) is -0.345. The van der Waals surface area contributed by atoms with Gasteiger partial charge in [-0.25, -0.2) is 4.79 Å². The Balaban J connectivity index is 1.66. The first kappa shape index (κ1) is 15.7. The standard InChI is InChI=1S/C22H21NO2/c1-13-6-7-17(12-20(13)23)22(24)25-14(2)18-11-10-16-9-8-15-4-3-5-19(18)21(15)16/h3-7,10-12,14H,8-9,23H2,1-2H3/t14-/m0/s1. The first-order chi connectivity index (χ1) is 12.0. The van der Waals surface area contributed by atoms with Crippen LogP contribution >= 0.6 is 0 Å². The van der Waals surface area contributed by atoms with Crippen LogP contribution in [0.3, 0.4) is 0 Å². The van der Waals surface area contributed by atoms with Gasteiger partial charge < -0.3 is 10.5 Å². The number of hydrogen-bond donors (Lipinski definition) is 1. The van der Waals surface area contributed by atoms with E-state index in [0.717, 1.165) is 24.0 Å². The summed E-state index contributed by atoms with van der Waals surface area (Å²) in [5.41, 5.74) is 11.8. The van der Waals surface area contributed by atoms with E-state index >= 15 is 0 Å². The van der Waals surface area contributed by atoms with Crippen molar-refractivity contribution in [3.05, 3.63) is 76.3 Å². The number of aryl methyl sites for hydroxylation is 3. The predicted octanol–water partition coefficient (Wildman–Crippen LogP) is 4.75. The van der Waals surface area contributed by atoms with Crippen molar-refractivity contribution < 1.29 is 9.53 Å². The molecule has 126 valence electrons. The van der Waals surface area contributed by atoms with Crippen molar-refractivity contribution in [1.29, 1.82) is 0 Å². The topological polar surface area (TPSA) is 52.3 Å². The van der Waals surface area contributed by atoms with Gasteiger partial charge in [-0.1, -0.05) is 36.4 Å². The van der Waals surface area contributed by atoms with Crippen LogP contribution in [-0.4, -0.2) is 5.97 Å². The number of esters is 1. The summed E-state index contributed by atoms with van der Waals surface area (Å²) in [4.78, 5) is 12.5. The Labute approximate surface area is 147 Å². The number of anilines is 1. The molecule has 0 aliphatic heterocycles. The molecule has 4 rings (SSSR count). The van der Waals surface area contributed by atoms with Crippen LogP contribution in [0.1, 0.15) is 45.6 Å². The summed E-state index contributed by atoms with van der Waals surface area (Å²) >= 11 is 0. The van der Waals surface area contributed by atoms with Crippen molar-refractivity contribution in [2.24, 2.45) is 0 Å². The summed E-state index contributed by atoms with van der Waals surface area (Å²) in [7, 11) is 0. The lowest BCUT2D eigenvalue weighted by Gasteiger charge is -2.17. The number of ether oxygens (including phenoxy) is 1. The lowest BCUT2D eigenvalue weighted by atomic mass is 9.97. The fourth-order valence-electron chi connectivity index (χ4n) is 3.68. The molecule has 0 unspecified atom stereocenters. The van der Waals surface area contributed by atoms with Gasteiger partial charge in [0.2, 0.25) is 0 Å². The van der Waals surface area contributed by atoms with E-state index in [0.29, 0.717) is 11.3 Å². The summed E-state index contributed by atoms with van der Waals surface area (Å²) in [5, 5.41) is 2.53. The highest BCUT2D eigenvalue weighted by Crippen LogP contribution is 2.36. The van der Waals surface area contributed by atoms with E-state index in [1.165, 1.54) is 21.9 Å². The first-order valence-corrected chi connectivity index (χ1v) is 8.65. The molecule has 1 atom stereocenters. The van der Waals surface area contributed by atoms with Gasteiger partial charge in [0.05, 0.1) is 5.56 Å². The third kappa shape index (κ3) is 2.66. The molecule has 3 aromatic rings. The fraction of sp³-hybridized carbons (Fsp3) is 0.227. The van der Waals surface area contributed by atoms with Crippen LogP contribution in [-0.2, 0) is 17.6 Å². The average Bonchev–Trinajstić information content (AvgIpc) is 3.02. The molecule has 0 heterocycles. The van der Waals surface area contributed by atoms with E-state index in [1.54, 1.807) is 12.1 Å². The Hall–Kier alpha value is -2.81. The third-order valence-corrected chi connectivity index (χ3v) is 5.15. The quantitative estimate of drug-likeness (QED) is 0.557. The molecule has 0 amide bonds. The van der Waals surface area contributed by atoms with Crippen molar-refractivity contribution in [2.75, 3.05) is 5.73 Å². The molecule has 0 saturated carbocycles. The lowest BCUT2D eigenvalue weighted by molar-refractivity contribution is 0.0341. The zero-order chi connectivity index (χ0) is 17.6. The summed E-state index contributed by atoms with van der Waals surface area (Å²) in [6.07, 6.45) is 1.86. The molecule has 1 aliphatic carbocycles. The van der Waals surface area contributed by atoms with Gasteiger partial charge in [-0.05, 0) is 66.3 Å². The summed E-state index contributed by atoms with van der Waals surface area (Å²) in [6, 6.07) is 15.9. The Morgan fingerprint density at radius 3 is 2.60 bits per heavy atom. The zero-order valence-electron chi connectivity index (χ0n) is 14.5. The average molecular weight is 331 g/mol. The normalized spacial score (nSPS) is 13.8. The second-order valence-corrected chi connectivity index (χ2v) is 6.77. The number of rotatable bonds is 3. The minimum atomic E-state index is -0.345. The number of nitrogen functional groups attached to an aromatic ring is 1. The molecule has 1 aliphatic rings. The molecule has 0 bridgehead atoms. The van der Waals surface area contributed by atoms with Gasteiger partial charge in [-0.3, -0.25) is 0 Å². The molecule has 0 radical (unpaired) electrons. The Morgan fingerprint density at radius 1 is 1.08 bits per heavy atom. The highest BCUT2D eigenvalue weighted by atomic mass is 16.5. The van der Waals surface area contributed by atoms with E-state index in [1.807, 2.05) is 19.9 Å². The predicted molar refractivity (Wildman–Crippen MR) is 101 cm³/mol. The van der Waals surface area contributed by atoms with Gasteiger partial charge in [0, 0.05) is 11.3 Å². The van der Waals surface area contributed by atoms with Crippen LogP contribution in [0.15, 0.2) is 48.5 Å². The maximum Gasteiger partial charge on any atom is 0.338 e. The molecule has 0 saturated heterocycles. The van der Waals surface area contributed by atoms with E-state index < -0.39 is 0 Å². The SMILES string of the molecule is Cc1ccc(C(=O)O[C@@H](C)c2ccc3c4c(cccc24)CC3)cc1N. The highest BCUT2D eigenvalue weighted by Gasteiger charge is 2.20. The smallest absolute Gasteiger partial charge is 0.338 e. The van der Waals surface area contributed by atoms with E-state index in [2.05, 4.69) is 30.3 Å². The molecular formula is C22H21NO2. The molecule has 3 aromatic carbocycles. The zero-order valence-corrected chi connectivity index (χ0v) is 14.5. The monoisotopic (exact) mass is 331 g/mol. The minimum absolute atomic E-state index is 0.320. The minimum Gasteiger partial charge on any atom is -0.454 e. The van der Waals surface area contributed by atoms with E-state index in [9.17, 15) is 4.79 Å². The molecule has 3 nitrogen and oxygen atoms in total. The van der Waals surface area contributed by atoms with Gasteiger partial charge in [0.15, 0.2) is 0 Å².